The number of aliphatic carboxylic acids is 2. The highest BCUT2D eigenvalue weighted by Crippen LogP contribution is 2.21. The van der Waals surface area contributed by atoms with Gasteiger partial charge in [-0.2, -0.15) is 0 Å². The second-order valence-corrected chi connectivity index (χ2v) is 6.36. The number of benzene rings is 1. The van der Waals surface area contributed by atoms with Gasteiger partial charge in [0.1, 0.15) is 0 Å². The summed E-state index contributed by atoms with van der Waals surface area (Å²) in [4.78, 5) is 26.4. The summed E-state index contributed by atoms with van der Waals surface area (Å²) in [5, 5.41) is 21.7. The first-order chi connectivity index (χ1) is 12.9. The van der Waals surface area contributed by atoms with E-state index in [1.54, 1.807) is 12.1 Å². The van der Waals surface area contributed by atoms with Gasteiger partial charge in [0.15, 0.2) is 0 Å². The van der Waals surface area contributed by atoms with Gasteiger partial charge in [0.25, 0.3) is 0 Å². The Balaban J connectivity index is 1.99. The van der Waals surface area contributed by atoms with E-state index in [-0.39, 0.29) is 11.3 Å². The number of nitrogens with one attached hydrogen (secondary N) is 1. The number of rotatable bonds is 9. The van der Waals surface area contributed by atoms with Crippen LogP contribution >= 0.6 is 0 Å². The number of carboxylic acids is 2. The van der Waals surface area contributed by atoms with E-state index in [1.165, 1.54) is 17.3 Å². The fourth-order valence-electron chi connectivity index (χ4n) is 2.98. The third-order valence-corrected chi connectivity index (χ3v) is 4.30. The molecule has 0 unspecified atom stereocenters. The van der Waals surface area contributed by atoms with Crippen molar-refractivity contribution in [1.82, 2.24) is 4.98 Å². The number of unbranched alkanes of at least 4 members (excludes halogenated alkanes) is 1. The number of aromatic nitrogens is 1. The van der Waals surface area contributed by atoms with Gasteiger partial charge in [-0.05, 0) is 55.9 Å². The average Bonchev–Trinajstić information content (AvgIpc) is 2.61. The monoisotopic (exact) mass is 368 g/mol. The van der Waals surface area contributed by atoms with Crippen molar-refractivity contribution in [3.05, 3.63) is 65.0 Å². The van der Waals surface area contributed by atoms with Gasteiger partial charge >= 0.3 is 11.9 Å². The molecule has 0 saturated heterocycles. The van der Waals surface area contributed by atoms with Gasteiger partial charge < -0.3 is 15.5 Å². The van der Waals surface area contributed by atoms with Crippen molar-refractivity contribution < 1.29 is 19.8 Å². The molecule has 0 spiro atoms. The lowest BCUT2D eigenvalue weighted by Crippen LogP contribution is -2.09. The smallest absolute Gasteiger partial charge is 0.338 e. The van der Waals surface area contributed by atoms with Crippen LogP contribution in [-0.4, -0.2) is 33.7 Å². The first-order valence-electron chi connectivity index (χ1n) is 8.82. The maximum atomic E-state index is 11.4. The van der Waals surface area contributed by atoms with Crippen LogP contribution < -0.4 is 5.32 Å². The molecule has 0 atom stereocenters. The molecule has 1 aromatic heterocycles. The molecule has 3 N–H and O–H groups in total. The third-order valence-electron chi connectivity index (χ3n) is 4.30. The van der Waals surface area contributed by atoms with Crippen LogP contribution in [0.15, 0.2) is 42.6 Å². The van der Waals surface area contributed by atoms with Gasteiger partial charge in [-0.25, -0.2) is 9.59 Å². The molecule has 0 aliphatic rings. The molecule has 2 rings (SSSR count). The molecule has 0 fully saturated rings. The molecule has 0 amide bonds. The zero-order chi connectivity index (χ0) is 19.8. The molecule has 0 saturated carbocycles. The molecule has 1 aromatic carbocycles. The SMILES string of the molecule is Cc1cccc(C)c1NCCCCc1cccnc1/C(=C/C(=O)O)C(=O)O. The van der Waals surface area contributed by atoms with Crippen molar-refractivity contribution >= 4 is 23.2 Å². The number of aryl methyl sites for hydroxylation is 3. The fraction of sp³-hybridized carbons (Fsp3) is 0.286. The number of hydrogen-bond donors (Lipinski definition) is 3. The summed E-state index contributed by atoms with van der Waals surface area (Å²) in [7, 11) is 0. The van der Waals surface area contributed by atoms with Crippen LogP contribution in [0.25, 0.3) is 5.57 Å². The maximum Gasteiger partial charge on any atom is 0.338 e. The van der Waals surface area contributed by atoms with Crippen molar-refractivity contribution in [3.8, 4) is 0 Å². The molecule has 0 radical (unpaired) electrons. The molecule has 6 nitrogen and oxygen atoms in total. The highest BCUT2D eigenvalue weighted by molar-refractivity contribution is 6.19. The Morgan fingerprint density at radius 1 is 1.07 bits per heavy atom. The van der Waals surface area contributed by atoms with Gasteiger partial charge in [-0.3, -0.25) is 4.98 Å². The largest absolute Gasteiger partial charge is 0.478 e. The Labute approximate surface area is 158 Å². The summed E-state index contributed by atoms with van der Waals surface area (Å²) in [6, 6.07) is 9.69. The molecular weight excluding hydrogens is 344 g/mol. The predicted molar refractivity (Wildman–Crippen MR) is 105 cm³/mol. The number of hydrogen-bond acceptors (Lipinski definition) is 4. The van der Waals surface area contributed by atoms with Crippen LogP contribution in [0.4, 0.5) is 5.69 Å². The molecule has 6 heteroatoms. The van der Waals surface area contributed by atoms with Crippen LogP contribution in [-0.2, 0) is 16.0 Å². The summed E-state index contributed by atoms with van der Waals surface area (Å²) in [5.74, 6) is -2.60. The lowest BCUT2D eigenvalue weighted by atomic mass is 10.0. The van der Waals surface area contributed by atoms with Crippen molar-refractivity contribution in [2.75, 3.05) is 11.9 Å². The van der Waals surface area contributed by atoms with Crippen LogP contribution in [0.3, 0.4) is 0 Å². The topological polar surface area (TPSA) is 99.5 Å². The minimum Gasteiger partial charge on any atom is -0.478 e. The lowest BCUT2D eigenvalue weighted by molar-refractivity contribution is -0.133. The number of para-hydroxylation sites is 1. The van der Waals surface area contributed by atoms with Crippen molar-refractivity contribution in [3.63, 3.8) is 0 Å². The maximum absolute atomic E-state index is 11.4. The fourth-order valence-corrected chi connectivity index (χ4v) is 2.98. The Morgan fingerprint density at radius 2 is 1.78 bits per heavy atom. The van der Waals surface area contributed by atoms with Crippen molar-refractivity contribution in [1.29, 1.82) is 0 Å². The lowest BCUT2D eigenvalue weighted by Gasteiger charge is -2.13. The second kappa shape index (κ2) is 9.52. The number of pyridine rings is 1. The molecule has 2 aromatic rings. The minimum absolute atomic E-state index is 0.218. The van der Waals surface area contributed by atoms with E-state index in [4.69, 9.17) is 5.11 Å². The van der Waals surface area contributed by atoms with Gasteiger partial charge in [-0.15, -0.1) is 0 Å². The quantitative estimate of drug-likeness (QED) is 0.461. The Kier molecular flexibility index (Phi) is 7.11. The highest BCUT2D eigenvalue weighted by atomic mass is 16.4. The zero-order valence-electron chi connectivity index (χ0n) is 15.5. The predicted octanol–water partition coefficient (Wildman–Crippen LogP) is 3.69. The molecular formula is C21H24N2O4. The summed E-state index contributed by atoms with van der Waals surface area (Å²) >= 11 is 0. The van der Waals surface area contributed by atoms with E-state index in [0.29, 0.717) is 12.5 Å². The Hall–Kier alpha value is -3.15. The molecule has 0 aliphatic carbocycles. The molecule has 0 bridgehead atoms. The molecule has 0 aliphatic heterocycles. The number of carboxylic acid groups (broad SMARTS) is 2. The first-order valence-corrected chi connectivity index (χ1v) is 8.82. The number of anilines is 1. The van der Waals surface area contributed by atoms with Crippen LogP contribution in [0.1, 0.15) is 35.2 Å². The van der Waals surface area contributed by atoms with Gasteiger partial charge in [0.05, 0.1) is 11.3 Å². The summed E-state index contributed by atoms with van der Waals surface area (Å²) < 4.78 is 0. The van der Waals surface area contributed by atoms with E-state index in [0.717, 1.165) is 30.6 Å². The van der Waals surface area contributed by atoms with E-state index in [9.17, 15) is 14.7 Å². The normalized spacial score (nSPS) is 11.3. The summed E-state index contributed by atoms with van der Waals surface area (Å²) in [5.41, 5.74) is 4.21. The number of nitrogens with zero attached hydrogens (tertiary/aromatic N) is 1. The Morgan fingerprint density at radius 3 is 2.41 bits per heavy atom. The number of carbonyl (C=O) groups is 2. The van der Waals surface area contributed by atoms with Crippen molar-refractivity contribution in [2.45, 2.75) is 33.1 Å². The molecule has 27 heavy (non-hydrogen) atoms. The first kappa shape index (κ1) is 20.2. The van der Waals surface area contributed by atoms with Gasteiger partial charge in [0, 0.05) is 24.5 Å². The van der Waals surface area contributed by atoms with E-state index >= 15 is 0 Å². The van der Waals surface area contributed by atoms with E-state index in [1.807, 2.05) is 6.07 Å². The third kappa shape index (κ3) is 5.67. The van der Waals surface area contributed by atoms with E-state index in [2.05, 4.69) is 36.3 Å². The van der Waals surface area contributed by atoms with Crippen LogP contribution in [0.2, 0.25) is 0 Å². The summed E-state index contributed by atoms with van der Waals surface area (Å²) in [6.45, 7) is 4.94. The van der Waals surface area contributed by atoms with Crippen LogP contribution in [0, 0.1) is 13.8 Å². The molecule has 142 valence electrons. The van der Waals surface area contributed by atoms with Gasteiger partial charge in [-0.1, -0.05) is 24.3 Å². The molecule has 1 heterocycles. The average molecular weight is 368 g/mol. The second-order valence-electron chi connectivity index (χ2n) is 6.36. The Bertz CT molecular complexity index is 839. The zero-order valence-corrected chi connectivity index (χ0v) is 15.5. The standard InChI is InChI=1S/C21H24N2O4/c1-14-7-5-8-15(2)19(14)22-11-4-3-9-16-10-6-12-23-20(16)17(21(26)27)13-18(24)25/h5-8,10,12-13,22H,3-4,9,11H2,1-2H3,(H,24,25)(H,26,27)/b17-13-. The highest BCUT2D eigenvalue weighted by Gasteiger charge is 2.17. The summed E-state index contributed by atoms with van der Waals surface area (Å²) in [6.07, 6.45) is 4.52. The van der Waals surface area contributed by atoms with Gasteiger partial charge in [0.2, 0.25) is 0 Å². The van der Waals surface area contributed by atoms with Crippen LogP contribution in [0.5, 0.6) is 0 Å². The van der Waals surface area contributed by atoms with E-state index < -0.39 is 11.9 Å². The van der Waals surface area contributed by atoms with Crippen molar-refractivity contribution in [2.24, 2.45) is 0 Å². The minimum atomic E-state index is -1.30.